The standard InChI is InChI=1S/C18H18F4N2O3S/c1-18(21,22)16(25)23-4-9-5-24(17(26)27-9)8-2-12(19)15(13(20)3-8)14-10-6-28-7-11(10)14/h2-3,9-11,14H,4-7H2,1H3,(H,23,25)/t9-,10-,11+,14+/m0/s1. The molecule has 1 N–H and O–H groups in total. The fourth-order valence-corrected chi connectivity index (χ4v) is 5.50. The number of anilines is 1. The first-order valence-electron chi connectivity index (χ1n) is 8.87. The number of alkyl halides is 2. The molecule has 2 heterocycles. The molecule has 10 heteroatoms. The van der Waals surface area contributed by atoms with Gasteiger partial charge in [0.05, 0.1) is 18.8 Å². The minimum Gasteiger partial charge on any atom is -0.442 e. The molecule has 2 amide bonds. The van der Waals surface area contributed by atoms with Crippen LogP contribution in [-0.4, -0.2) is 48.6 Å². The first kappa shape index (κ1) is 19.4. The second kappa shape index (κ2) is 6.82. The lowest BCUT2D eigenvalue weighted by molar-refractivity contribution is -0.143. The zero-order chi connectivity index (χ0) is 20.2. The molecule has 1 saturated carbocycles. The van der Waals surface area contributed by atoms with Crippen LogP contribution in [0.4, 0.5) is 28.0 Å². The number of nitrogens with one attached hydrogen (secondary N) is 1. The predicted molar refractivity (Wildman–Crippen MR) is 94.6 cm³/mol. The largest absolute Gasteiger partial charge is 0.442 e. The van der Waals surface area contributed by atoms with Crippen molar-refractivity contribution in [1.29, 1.82) is 0 Å². The van der Waals surface area contributed by atoms with Crippen LogP contribution < -0.4 is 10.2 Å². The normalized spacial score (nSPS) is 28.9. The minimum absolute atomic E-state index is 0.00131. The molecule has 2 saturated heterocycles. The van der Waals surface area contributed by atoms with E-state index in [4.69, 9.17) is 4.74 Å². The van der Waals surface area contributed by atoms with Crippen molar-refractivity contribution in [3.63, 3.8) is 0 Å². The van der Waals surface area contributed by atoms with Crippen molar-refractivity contribution < 1.29 is 31.9 Å². The molecule has 0 bridgehead atoms. The fourth-order valence-electron chi connectivity index (χ4n) is 3.91. The summed E-state index contributed by atoms with van der Waals surface area (Å²) in [4.78, 5) is 24.3. The minimum atomic E-state index is -3.55. The number of cyclic esters (lactones) is 1. The maximum Gasteiger partial charge on any atom is 0.414 e. The Kier molecular flexibility index (Phi) is 4.71. The van der Waals surface area contributed by atoms with Gasteiger partial charge < -0.3 is 10.1 Å². The highest BCUT2D eigenvalue weighted by Gasteiger charge is 2.55. The Morgan fingerprint density at radius 2 is 1.89 bits per heavy atom. The van der Waals surface area contributed by atoms with E-state index in [0.717, 1.165) is 28.5 Å². The quantitative estimate of drug-likeness (QED) is 0.747. The van der Waals surface area contributed by atoms with Crippen LogP contribution in [0, 0.1) is 23.5 Å². The van der Waals surface area contributed by atoms with Gasteiger partial charge in [0.25, 0.3) is 5.91 Å². The van der Waals surface area contributed by atoms with E-state index in [1.165, 1.54) is 0 Å². The Bertz CT molecular complexity index is 799. The molecule has 0 unspecified atom stereocenters. The van der Waals surface area contributed by atoms with Crippen LogP contribution in [0.25, 0.3) is 0 Å². The molecule has 1 aliphatic carbocycles. The van der Waals surface area contributed by atoms with Gasteiger partial charge >= 0.3 is 12.0 Å². The summed E-state index contributed by atoms with van der Waals surface area (Å²) in [6.07, 6.45) is -1.75. The van der Waals surface area contributed by atoms with E-state index in [2.05, 4.69) is 0 Å². The smallest absolute Gasteiger partial charge is 0.414 e. The molecule has 152 valence electrons. The number of benzene rings is 1. The molecule has 2 aliphatic heterocycles. The van der Waals surface area contributed by atoms with Crippen LogP contribution in [0.15, 0.2) is 12.1 Å². The van der Waals surface area contributed by atoms with Gasteiger partial charge in [-0.15, -0.1) is 0 Å². The summed E-state index contributed by atoms with van der Waals surface area (Å²) in [5.74, 6) is -4.14. The summed E-state index contributed by atoms with van der Waals surface area (Å²) in [5.41, 5.74) is 0.0687. The van der Waals surface area contributed by atoms with Gasteiger partial charge in [-0.05, 0) is 41.4 Å². The number of ether oxygens (including phenoxy) is 1. The molecule has 28 heavy (non-hydrogen) atoms. The zero-order valence-corrected chi connectivity index (χ0v) is 15.7. The topological polar surface area (TPSA) is 58.6 Å². The highest BCUT2D eigenvalue weighted by Crippen LogP contribution is 2.62. The number of thioether (sulfide) groups is 1. The average molecular weight is 418 g/mol. The van der Waals surface area contributed by atoms with E-state index in [-0.39, 0.29) is 30.3 Å². The predicted octanol–water partition coefficient (Wildman–Crippen LogP) is 3.14. The molecule has 0 aromatic heterocycles. The van der Waals surface area contributed by atoms with Gasteiger partial charge in [0.2, 0.25) is 0 Å². The Morgan fingerprint density at radius 3 is 2.46 bits per heavy atom. The van der Waals surface area contributed by atoms with Crippen molar-refractivity contribution in [3.8, 4) is 0 Å². The monoisotopic (exact) mass is 418 g/mol. The number of halogens is 4. The van der Waals surface area contributed by atoms with Crippen molar-refractivity contribution in [2.45, 2.75) is 24.9 Å². The van der Waals surface area contributed by atoms with Crippen LogP contribution in [0.1, 0.15) is 18.4 Å². The summed E-state index contributed by atoms with van der Waals surface area (Å²) in [7, 11) is 0. The lowest BCUT2D eigenvalue weighted by Gasteiger charge is -2.16. The molecule has 0 spiro atoms. The Labute approximate surface area is 162 Å². The Balaban J connectivity index is 1.44. The van der Waals surface area contributed by atoms with Gasteiger partial charge in [0.15, 0.2) is 0 Å². The number of carbonyl (C=O) groups excluding carboxylic acids is 2. The molecule has 1 aromatic carbocycles. The number of hydrogen-bond donors (Lipinski definition) is 1. The van der Waals surface area contributed by atoms with Crippen molar-refractivity contribution in [3.05, 3.63) is 29.3 Å². The highest BCUT2D eigenvalue weighted by atomic mass is 32.2. The third-order valence-corrected chi connectivity index (χ3v) is 6.67. The summed E-state index contributed by atoms with van der Waals surface area (Å²) in [5, 5.41) is 1.99. The second-order valence-electron chi connectivity index (χ2n) is 7.43. The number of amides is 2. The van der Waals surface area contributed by atoms with Crippen LogP contribution >= 0.6 is 11.8 Å². The second-order valence-corrected chi connectivity index (χ2v) is 8.50. The number of rotatable bonds is 5. The van der Waals surface area contributed by atoms with Gasteiger partial charge in [-0.1, -0.05) is 0 Å². The Hall–Kier alpha value is -1.97. The zero-order valence-electron chi connectivity index (χ0n) is 14.9. The number of carbonyl (C=O) groups is 2. The molecule has 4 atom stereocenters. The van der Waals surface area contributed by atoms with Gasteiger partial charge in [-0.3, -0.25) is 9.69 Å². The molecule has 3 fully saturated rings. The van der Waals surface area contributed by atoms with E-state index in [1.807, 2.05) is 5.32 Å². The average Bonchev–Trinajstić information content (AvgIpc) is 2.96. The fraction of sp³-hybridized carbons (Fsp3) is 0.556. The van der Waals surface area contributed by atoms with Crippen LogP contribution in [0.2, 0.25) is 0 Å². The lowest BCUT2D eigenvalue weighted by Crippen LogP contribution is -2.42. The van der Waals surface area contributed by atoms with Crippen molar-refractivity contribution in [2.75, 3.05) is 29.5 Å². The summed E-state index contributed by atoms with van der Waals surface area (Å²) >= 11 is 1.78. The molecular weight excluding hydrogens is 400 g/mol. The van der Waals surface area contributed by atoms with Crippen molar-refractivity contribution in [1.82, 2.24) is 5.32 Å². The number of nitrogens with zero attached hydrogens (tertiary/aromatic N) is 1. The molecule has 5 nitrogen and oxygen atoms in total. The summed E-state index contributed by atoms with van der Waals surface area (Å²) in [6.45, 7) is 0.0176. The summed E-state index contributed by atoms with van der Waals surface area (Å²) in [6, 6.07) is 2.20. The molecule has 1 aromatic rings. The highest BCUT2D eigenvalue weighted by molar-refractivity contribution is 7.99. The van der Waals surface area contributed by atoms with E-state index in [9.17, 15) is 27.2 Å². The van der Waals surface area contributed by atoms with Crippen molar-refractivity contribution >= 4 is 29.4 Å². The maximum absolute atomic E-state index is 14.6. The Morgan fingerprint density at radius 1 is 1.29 bits per heavy atom. The van der Waals surface area contributed by atoms with Crippen LogP contribution in [0.3, 0.4) is 0 Å². The van der Waals surface area contributed by atoms with Gasteiger partial charge in [0, 0.05) is 12.5 Å². The maximum atomic E-state index is 14.6. The van der Waals surface area contributed by atoms with E-state index >= 15 is 0 Å². The van der Waals surface area contributed by atoms with Crippen LogP contribution in [0.5, 0.6) is 0 Å². The molecule has 4 rings (SSSR count). The third-order valence-electron chi connectivity index (χ3n) is 5.42. The summed E-state index contributed by atoms with van der Waals surface area (Å²) < 4.78 is 60.0. The molecule has 3 aliphatic rings. The molecule has 0 radical (unpaired) electrons. The van der Waals surface area contributed by atoms with Gasteiger partial charge in [0.1, 0.15) is 17.7 Å². The first-order valence-corrected chi connectivity index (χ1v) is 10.0. The number of hydrogen-bond acceptors (Lipinski definition) is 4. The lowest BCUT2D eigenvalue weighted by atomic mass is 10.1. The van der Waals surface area contributed by atoms with Crippen LogP contribution in [-0.2, 0) is 9.53 Å². The van der Waals surface area contributed by atoms with E-state index in [0.29, 0.717) is 18.8 Å². The molecular formula is C18H18F4N2O3S. The van der Waals surface area contributed by atoms with E-state index in [1.54, 1.807) is 11.8 Å². The van der Waals surface area contributed by atoms with Gasteiger partial charge in [-0.25, -0.2) is 13.6 Å². The van der Waals surface area contributed by atoms with Crippen molar-refractivity contribution in [2.24, 2.45) is 11.8 Å². The van der Waals surface area contributed by atoms with Gasteiger partial charge in [-0.2, -0.15) is 20.5 Å². The van der Waals surface area contributed by atoms with E-state index < -0.39 is 35.7 Å². The number of fused-ring (bicyclic) bond motifs is 1. The first-order chi connectivity index (χ1) is 13.2. The third kappa shape index (κ3) is 3.42. The SMILES string of the molecule is CC(F)(F)C(=O)NC[C@H]1CN(c2cc(F)c([C@H]3[C@@H]4CSC[C@@H]43)c(F)c2)C(=O)O1.